The summed E-state index contributed by atoms with van der Waals surface area (Å²) in [6.45, 7) is 0.0954. The molecule has 1 aromatic carbocycles. The number of ether oxygens (including phenoxy) is 1. The van der Waals surface area contributed by atoms with Crippen LogP contribution in [0, 0.1) is 10.1 Å². The first-order valence-electron chi connectivity index (χ1n) is 5.30. The summed E-state index contributed by atoms with van der Waals surface area (Å²) >= 11 is 5.43. The predicted octanol–water partition coefficient (Wildman–Crippen LogP) is 2.79. The van der Waals surface area contributed by atoms with Crippen LogP contribution in [0.3, 0.4) is 0 Å². The van der Waals surface area contributed by atoms with E-state index in [1.807, 2.05) is 12.3 Å². The van der Waals surface area contributed by atoms with Crippen molar-refractivity contribution in [2.75, 3.05) is 6.26 Å². The number of nitrogens with zero attached hydrogens (tertiary/aromatic N) is 3. The zero-order valence-electron chi connectivity index (χ0n) is 10.0. The van der Waals surface area contributed by atoms with Gasteiger partial charge in [0.2, 0.25) is 5.88 Å². The fourth-order valence-electron chi connectivity index (χ4n) is 1.58. The van der Waals surface area contributed by atoms with E-state index in [-0.39, 0.29) is 12.3 Å². The molecule has 1 aromatic heterocycles. The lowest BCUT2D eigenvalue weighted by Gasteiger charge is -2.08. The van der Waals surface area contributed by atoms with Crippen molar-refractivity contribution in [1.82, 2.24) is 9.19 Å². The first-order valence-corrected chi connectivity index (χ1v) is 6.92. The summed E-state index contributed by atoms with van der Waals surface area (Å²) < 4.78 is 6.76. The largest absolute Gasteiger partial charge is 0.471 e. The van der Waals surface area contributed by atoms with E-state index in [0.717, 1.165) is 4.90 Å². The number of thiol groups is 1. The van der Waals surface area contributed by atoms with Gasteiger partial charge in [0.05, 0.1) is 10.5 Å². The van der Waals surface area contributed by atoms with Crippen LogP contribution in [0.1, 0.15) is 5.56 Å². The van der Waals surface area contributed by atoms with Crippen LogP contribution in [0.25, 0.3) is 0 Å². The van der Waals surface area contributed by atoms with Gasteiger partial charge in [0, 0.05) is 23.2 Å². The Morgan fingerprint density at radius 3 is 2.89 bits per heavy atom. The zero-order valence-corrected chi connectivity index (χ0v) is 11.7. The molecule has 0 aliphatic heterocycles. The van der Waals surface area contributed by atoms with Crippen molar-refractivity contribution in [3.8, 4) is 5.88 Å². The molecule has 2 aromatic rings. The lowest BCUT2D eigenvalue weighted by atomic mass is 10.2. The highest BCUT2D eigenvalue weighted by Crippen LogP contribution is 2.29. The molecule has 0 spiro atoms. The summed E-state index contributed by atoms with van der Waals surface area (Å²) in [7, 11) is 0. The fraction of sp³-hybridized carbons (Fsp3) is 0.182. The second kappa shape index (κ2) is 5.98. The van der Waals surface area contributed by atoms with Gasteiger partial charge in [-0.25, -0.2) is 4.09 Å². The number of thioether (sulfide) groups is 1. The summed E-state index contributed by atoms with van der Waals surface area (Å²) in [5.74, 6) is 0.375. The molecule has 0 unspecified atom stereocenters. The van der Waals surface area contributed by atoms with Gasteiger partial charge < -0.3 is 4.74 Å². The number of hydrogen-bond acceptors (Lipinski definition) is 6. The van der Waals surface area contributed by atoms with Crippen molar-refractivity contribution < 1.29 is 9.66 Å². The molecule has 6 nitrogen and oxygen atoms in total. The van der Waals surface area contributed by atoms with E-state index >= 15 is 0 Å². The first kappa shape index (κ1) is 13.8. The van der Waals surface area contributed by atoms with Crippen LogP contribution in [0.4, 0.5) is 5.69 Å². The van der Waals surface area contributed by atoms with E-state index in [9.17, 15) is 10.1 Å². The molecule has 2 rings (SSSR count). The third-order valence-electron chi connectivity index (χ3n) is 2.44. The topological polar surface area (TPSA) is 70.2 Å². The van der Waals surface area contributed by atoms with E-state index < -0.39 is 4.92 Å². The molecular formula is C11H11N3O3S2. The maximum Gasteiger partial charge on any atom is 0.277 e. The number of benzene rings is 1. The number of rotatable bonds is 5. The Bertz CT molecular complexity index is 601. The molecule has 0 saturated carbocycles. The SMILES string of the molecule is CSc1cccc([N+](=O)[O-])c1COc1ccn(S)n1. The van der Waals surface area contributed by atoms with Gasteiger partial charge in [-0.05, 0) is 25.1 Å². The Hall–Kier alpha value is -1.67. The minimum Gasteiger partial charge on any atom is -0.471 e. The normalized spacial score (nSPS) is 10.4. The monoisotopic (exact) mass is 297 g/mol. The van der Waals surface area contributed by atoms with Crippen LogP contribution in [0.5, 0.6) is 5.88 Å². The highest BCUT2D eigenvalue weighted by atomic mass is 32.2. The zero-order chi connectivity index (χ0) is 13.8. The smallest absolute Gasteiger partial charge is 0.277 e. The Morgan fingerprint density at radius 2 is 2.32 bits per heavy atom. The highest BCUT2D eigenvalue weighted by Gasteiger charge is 2.17. The number of nitro groups is 1. The van der Waals surface area contributed by atoms with Crippen molar-refractivity contribution in [1.29, 1.82) is 0 Å². The van der Waals surface area contributed by atoms with Crippen LogP contribution in [-0.2, 0) is 6.61 Å². The quantitative estimate of drug-likeness (QED) is 0.398. The molecular weight excluding hydrogens is 286 g/mol. The molecule has 19 heavy (non-hydrogen) atoms. The summed E-state index contributed by atoms with van der Waals surface area (Å²) in [5, 5.41) is 15.0. The van der Waals surface area contributed by atoms with Crippen molar-refractivity contribution >= 4 is 30.3 Å². The number of nitro benzene ring substituents is 1. The Kier molecular flexibility index (Phi) is 4.33. The molecule has 0 atom stereocenters. The van der Waals surface area contributed by atoms with Crippen LogP contribution in [0.2, 0.25) is 0 Å². The maximum atomic E-state index is 11.0. The van der Waals surface area contributed by atoms with Crippen molar-refractivity contribution in [2.24, 2.45) is 0 Å². The molecule has 100 valence electrons. The lowest BCUT2D eigenvalue weighted by molar-refractivity contribution is -0.386. The summed E-state index contributed by atoms with van der Waals surface area (Å²) in [4.78, 5) is 11.4. The van der Waals surface area contributed by atoms with Gasteiger partial charge in [0.15, 0.2) is 0 Å². The Balaban J connectivity index is 2.25. The average Bonchev–Trinajstić information content (AvgIpc) is 2.81. The average molecular weight is 297 g/mol. The van der Waals surface area contributed by atoms with Gasteiger partial charge in [0.25, 0.3) is 5.69 Å². The van der Waals surface area contributed by atoms with Crippen LogP contribution in [0.15, 0.2) is 35.4 Å². The minimum atomic E-state index is -0.407. The molecule has 8 heteroatoms. The number of hydrogen-bond donors (Lipinski definition) is 1. The highest BCUT2D eigenvalue weighted by molar-refractivity contribution is 7.98. The van der Waals surface area contributed by atoms with Crippen molar-refractivity contribution in [3.63, 3.8) is 0 Å². The van der Waals surface area contributed by atoms with E-state index in [2.05, 4.69) is 17.9 Å². The van der Waals surface area contributed by atoms with Crippen molar-refractivity contribution in [3.05, 3.63) is 46.1 Å². The third-order valence-corrected chi connectivity index (χ3v) is 3.49. The van der Waals surface area contributed by atoms with E-state index in [0.29, 0.717) is 11.4 Å². The van der Waals surface area contributed by atoms with Crippen molar-refractivity contribution in [2.45, 2.75) is 11.5 Å². The molecule has 0 bridgehead atoms. The molecule has 0 N–H and O–H groups in total. The summed E-state index contributed by atoms with van der Waals surface area (Å²) in [6, 6.07) is 6.60. The standard InChI is InChI=1S/C11H11N3O3S2/c1-19-10-4-2-3-9(14(15)16)8(10)7-17-11-5-6-13(18)12-11/h2-6,18H,7H2,1H3. The maximum absolute atomic E-state index is 11.0. The van der Waals surface area contributed by atoms with E-state index in [1.54, 1.807) is 18.3 Å². The van der Waals surface area contributed by atoms with Crippen LogP contribution >= 0.6 is 24.6 Å². The molecule has 0 saturated heterocycles. The lowest BCUT2D eigenvalue weighted by Crippen LogP contribution is -2.02. The molecule has 0 fully saturated rings. The van der Waals surface area contributed by atoms with Gasteiger partial charge in [0.1, 0.15) is 6.61 Å². The minimum absolute atomic E-state index is 0.0529. The number of aromatic nitrogens is 2. The summed E-state index contributed by atoms with van der Waals surface area (Å²) in [5.41, 5.74) is 0.603. The van der Waals surface area contributed by atoms with Gasteiger partial charge in [-0.3, -0.25) is 10.1 Å². The molecule has 0 amide bonds. The Morgan fingerprint density at radius 1 is 1.53 bits per heavy atom. The van der Waals surface area contributed by atoms with E-state index in [1.165, 1.54) is 21.9 Å². The first-order chi connectivity index (χ1) is 9.11. The second-order valence-electron chi connectivity index (χ2n) is 3.58. The third kappa shape index (κ3) is 3.21. The fourth-order valence-corrected chi connectivity index (χ4v) is 2.36. The van der Waals surface area contributed by atoms with Gasteiger partial charge >= 0.3 is 0 Å². The van der Waals surface area contributed by atoms with Gasteiger partial charge in [-0.1, -0.05) is 6.07 Å². The molecule has 0 aliphatic carbocycles. The van der Waals surface area contributed by atoms with E-state index in [4.69, 9.17) is 4.74 Å². The summed E-state index contributed by atoms with van der Waals surface area (Å²) in [6.07, 6.45) is 3.48. The molecule has 1 heterocycles. The van der Waals surface area contributed by atoms with Crippen LogP contribution < -0.4 is 4.74 Å². The van der Waals surface area contributed by atoms with Crippen LogP contribution in [-0.4, -0.2) is 20.4 Å². The Labute approximate surface area is 119 Å². The second-order valence-corrected chi connectivity index (χ2v) is 4.84. The molecule has 0 aliphatic rings. The predicted molar refractivity (Wildman–Crippen MR) is 75.8 cm³/mol. The molecule has 0 radical (unpaired) electrons. The van der Waals surface area contributed by atoms with Gasteiger partial charge in [-0.15, -0.1) is 16.9 Å². The van der Waals surface area contributed by atoms with Gasteiger partial charge in [-0.2, -0.15) is 0 Å².